The van der Waals surface area contributed by atoms with Gasteiger partial charge in [-0.1, -0.05) is 13.8 Å². The second-order valence-electron chi connectivity index (χ2n) is 6.12. The van der Waals surface area contributed by atoms with E-state index in [-0.39, 0.29) is 17.7 Å². The molecule has 1 heterocycles. The van der Waals surface area contributed by atoms with Crippen molar-refractivity contribution < 1.29 is 9.59 Å². The highest BCUT2D eigenvalue weighted by Crippen LogP contribution is 2.19. The van der Waals surface area contributed by atoms with Crippen molar-refractivity contribution in [3.63, 3.8) is 0 Å². The lowest BCUT2D eigenvalue weighted by Crippen LogP contribution is -2.51. The molecule has 2 N–H and O–H groups in total. The Balaban J connectivity index is 2.58. The van der Waals surface area contributed by atoms with Crippen LogP contribution in [0.25, 0.3) is 0 Å². The highest BCUT2D eigenvalue weighted by molar-refractivity contribution is 5.82. The molecule has 1 saturated heterocycles. The Morgan fingerprint density at radius 1 is 1.40 bits per heavy atom. The van der Waals surface area contributed by atoms with Crippen LogP contribution in [0, 0.1) is 11.8 Å². The summed E-state index contributed by atoms with van der Waals surface area (Å²) in [6.45, 7) is 10.5. The van der Waals surface area contributed by atoms with Crippen LogP contribution in [0.3, 0.4) is 0 Å². The Kier molecular flexibility index (Phi) is 6.46. The summed E-state index contributed by atoms with van der Waals surface area (Å²) < 4.78 is 0. The molecule has 0 aliphatic carbocycles. The van der Waals surface area contributed by atoms with E-state index in [0.717, 1.165) is 39.0 Å². The minimum atomic E-state index is -0.413. The van der Waals surface area contributed by atoms with Crippen molar-refractivity contribution in [1.29, 1.82) is 0 Å². The fourth-order valence-corrected chi connectivity index (χ4v) is 2.70. The zero-order valence-electron chi connectivity index (χ0n) is 13.3. The van der Waals surface area contributed by atoms with Crippen molar-refractivity contribution in [1.82, 2.24) is 9.80 Å². The van der Waals surface area contributed by atoms with Gasteiger partial charge in [-0.15, -0.1) is 0 Å². The molecule has 116 valence electrons. The molecular formula is C15H29N3O2. The number of rotatable bonds is 5. The molecule has 0 aromatic heterocycles. The second kappa shape index (κ2) is 7.62. The minimum absolute atomic E-state index is 0.0515. The molecule has 5 nitrogen and oxygen atoms in total. The number of piperidine rings is 1. The SMILES string of the molecule is CCN(C[C@H]1CCCN(C(=O)[C@@H](N)C(C)C)C1)C(C)=O. The summed E-state index contributed by atoms with van der Waals surface area (Å²) in [4.78, 5) is 27.5. The van der Waals surface area contributed by atoms with Crippen LogP contribution in [0.1, 0.15) is 40.5 Å². The van der Waals surface area contributed by atoms with Crippen LogP contribution in [-0.4, -0.2) is 53.8 Å². The Morgan fingerprint density at radius 3 is 2.55 bits per heavy atom. The van der Waals surface area contributed by atoms with Crippen LogP contribution < -0.4 is 5.73 Å². The van der Waals surface area contributed by atoms with Crippen molar-refractivity contribution in [3.05, 3.63) is 0 Å². The summed E-state index contributed by atoms with van der Waals surface area (Å²) in [6.07, 6.45) is 2.07. The second-order valence-corrected chi connectivity index (χ2v) is 6.12. The molecule has 0 saturated carbocycles. The predicted molar refractivity (Wildman–Crippen MR) is 80.0 cm³/mol. The smallest absolute Gasteiger partial charge is 0.239 e. The molecule has 2 amide bonds. The lowest BCUT2D eigenvalue weighted by molar-refractivity contribution is -0.135. The van der Waals surface area contributed by atoms with E-state index in [2.05, 4.69) is 0 Å². The van der Waals surface area contributed by atoms with Crippen LogP contribution in [0.2, 0.25) is 0 Å². The van der Waals surface area contributed by atoms with Gasteiger partial charge in [-0.25, -0.2) is 0 Å². The van der Waals surface area contributed by atoms with Gasteiger partial charge in [0, 0.05) is 33.1 Å². The molecule has 1 rings (SSSR count). The average molecular weight is 283 g/mol. The van der Waals surface area contributed by atoms with Crippen molar-refractivity contribution in [2.24, 2.45) is 17.6 Å². The number of nitrogens with two attached hydrogens (primary N) is 1. The highest BCUT2D eigenvalue weighted by atomic mass is 16.2. The van der Waals surface area contributed by atoms with Gasteiger partial charge in [-0.2, -0.15) is 0 Å². The molecular weight excluding hydrogens is 254 g/mol. The van der Waals surface area contributed by atoms with Crippen LogP contribution in [0.15, 0.2) is 0 Å². The van der Waals surface area contributed by atoms with E-state index < -0.39 is 6.04 Å². The first-order chi connectivity index (χ1) is 9.36. The molecule has 0 spiro atoms. The van der Waals surface area contributed by atoms with E-state index >= 15 is 0 Å². The minimum Gasteiger partial charge on any atom is -0.343 e. The van der Waals surface area contributed by atoms with Crippen molar-refractivity contribution >= 4 is 11.8 Å². The van der Waals surface area contributed by atoms with Gasteiger partial charge < -0.3 is 15.5 Å². The van der Waals surface area contributed by atoms with E-state index in [1.54, 1.807) is 6.92 Å². The van der Waals surface area contributed by atoms with Crippen LogP contribution >= 0.6 is 0 Å². The first-order valence-electron chi connectivity index (χ1n) is 7.66. The van der Waals surface area contributed by atoms with Crippen molar-refractivity contribution in [3.8, 4) is 0 Å². The molecule has 1 aliphatic heterocycles. The molecule has 0 aromatic carbocycles. The summed E-state index contributed by atoms with van der Waals surface area (Å²) in [5.41, 5.74) is 5.96. The molecule has 20 heavy (non-hydrogen) atoms. The first-order valence-corrected chi connectivity index (χ1v) is 7.66. The van der Waals surface area contributed by atoms with E-state index in [1.165, 1.54) is 0 Å². The maximum atomic E-state index is 12.3. The Bertz CT molecular complexity index is 344. The Hall–Kier alpha value is -1.10. The molecule has 1 aliphatic rings. The third kappa shape index (κ3) is 4.47. The Labute approximate surface area is 122 Å². The average Bonchev–Trinajstić information content (AvgIpc) is 2.42. The zero-order valence-corrected chi connectivity index (χ0v) is 13.3. The summed E-state index contributed by atoms with van der Waals surface area (Å²) in [7, 11) is 0. The molecule has 0 radical (unpaired) electrons. The highest BCUT2D eigenvalue weighted by Gasteiger charge is 2.29. The molecule has 5 heteroatoms. The summed E-state index contributed by atoms with van der Waals surface area (Å²) in [6, 6.07) is -0.413. The molecule has 1 fully saturated rings. The Morgan fingerprint density at radius 2 is 2.05 bits per heavy atom. The first kappa shape index (κ1) is 17.0. The van der Waals surface area contributed by atoms with Crippen LogP contribution in [0.4, 0.5) is 0 Å². The number of carbonyl (C=O) groups excluding carboxylic acids is 2. The van der Waals surface area contributed by atoms with Crippen molar-refractivity contribution in [2.75, 3.05) is 26.2 Å². The monoisotopic (exact) mass is 283 g/mol. The van der Waals surface area contributed by atoms with Gasteiger partial charge in [0.25, 0.3) is 0 Å². The van der Waals surface area contributed by atoms with Gasteiger partial charge in [-0.3, -0.25) is 9.59 Å². The number of nitrogens with zero attached hydrogens (tertiary/aromatic N) is 2. The van der Waals surface area contributed by atoms with Gasteiger partial charge in [0.1, 0.15) is 0 Å². The predicted octanol–water partition coefficient (Wildman–Crippen LogP) is 1.08. The van der Waals surface area contributed by atoms with Gasteiger partial charge >= 0.3 is 0 Å². The van der Waals surface area contributed by atoms with Crippen LogP contribution in [0.5, 0.6) is 0 Å². The standard InChI is InChI=1S/C15H29N3O2/c1-5-17(12(4)19)9-13-7-6-8-18(10-13)15(20)14(16)11(2)3/h11,13-14H,5-10,16H2,1-4H3/t13-,14+/m1/s1. The van der Waals surface area contributed by atoms with E-state index in [1.807, 2.05) is 30.6 Å². The van der Waals surface area contributed by atoms with Gasteiger partial charge in [0.15, 0.2) is 0 Å². The fraction of sp³-hybridized carbons (Fsp3) is 0.867. The van der Waals surface area contributed by atoms with Gasteiger partial charge in [0.2, 0.25) is 11.8 Å². The third-order valence-corrected chi connectivity index (χ3v) is 4.14. The maximum absolute atomic E-state index is 12.3. The quantitative estimate of drug-likeness (QED) is 0.821. The van der Waals surface area contributed by atoms with E-state index in [9.17, 15) is 9.59 Å². The van der Waals surface area contributed by atoms with E-state index in [0.29, 0.717) is 5.92 Å². The lowest BCUT2D eigenvalue weighted by Gasteiger charge is -2.36. The summed E-state index contributed by atoms with van der Waals surface area (Å²) in [5.74, 6) is 0.688. The number of hydrogen-bond donors (Lipinski definition) is 1. The van der Waals surface area contributed by atoms with E-state index in [4.69, 9.17) is 5.73 Å². The number of likely N-dealkylation sites (tertiary alicyclic amines) is 1. The van der Waals surface area contributed by atoms with Gasteiger partial charge in [-0.05, 0) is 31.6 Å². The number of carbonyl (C=O) groups is 2. The third-order valence-electron chi connectivity index (χ3n) is 4.14. The van der Waals surface area contributed by atoms with Crippen molar-refractivity contribution in [2.45, 2.75) is 46.6 Å². The fourth-order valence-electron chi connectivity index (χ4n) is 2.70. The van der Waals surface area contributed by atoms with Crippen LogP contribution in [-0.2, 0) is 9.59 Å². The lowest BCUT2D eigenvalue weighted by atomic mass is 9.95. The molecule has 0 unspecified atom stereocenters. The topological polar surface area (TPSA) is 66.6 Å². The molecule has 0 aromatic rings. The summed E-state index contributed by atoms with van der Waals surface area (Å²) in [5, 5.41) is 0. The van der Waals surface area contributed by atoms with Gasteiger partial charge in [0.05, 0.1) is 6.04 Å². The maximum Gasteiger partial charge on any atom is 0.239 e. The normalized spacial score (nSPS) is 20.9. The number of hydrogen-bond acceptors (Lipinski definition) is 3. The molecule has 2 atom stereocenters. The number of amides is 2. The largest absolute Gasteiger partial charge is 0.343 e. The molecule has 0 bridgehead atoms. The summed E-state index contributed by atoms with van der Waals surface area (Å²) >= 11 is 0. The zero-order chi connectivity index (χ0) is 15.3.